The van der Waals surface area contributed by atoms with E-state index in [0.29, 0.717) is 103 Å². The summed E-state index contributed by atoms with van der Waals surface area (Å²) in [6.07, 6.45) is 10.3. The molecule has 2 aromatic heterocycles. The zero-order valence-electron chi connectivity index (χ0n) is 70.1. The van der Waals surface area contributed by atoms with E-state index in [9.17, 15) is 28.0 Å². The van der Waals surface area contributed by atoms with E-state index in [4.69, 9.17) is 103 Å². The van der Waals surface area contributed by atoms with Gasteiger partial charge in [0.25, 0.3) is 11.8 Å². The number of amides is 2. The van der Waals surface area contributed by atoms with Gasteiger partial charge in [0.15, 0.2) is 34.8 Å². The molecule has 0 unspecified atom stereocenters. The van der Waals surface area contributed by atoms with Gasteiger partial charge in [0.1, 0.15) is 16.6 Å². The number of nitrogens with two attached hydrogens (primary N) is 4. The van der Waals surface area contributed by atoms with Crippen molar-refractivity contribution in [3.05, 3.63) is 137 Å². The number of benzene rings is 3. The van der Waals surface area contributed by atoms with E-state index in [-0.39, 0.29) is 91.3 Å². The Balaban J connectivity index is 0.000000201. The first-order valence-corrected chi connectivity index (χ1v) is 45.8. The maximum absolute atomic E-state index is 13.6. The molecule has 39 heteroatoms. The van der Waals surface area contributed by atoms with Crippen LogP contribution >= 0.6 is 44.1 Å². The summed E-state index contributed by atoms with van der Waals surface area (Å²) in [4.78, 5) is 86.9. The molecule has 3 aromatic carbocycles. The van der Waals surface area contributed by atoms with E-state index in [0.717, 1.165) is 108 Å². The number of aromatic nitrogens is 4. The van der Waals surface area contributed by atoms with Crippen LogP contribution < -0.4 is 34.1 Å². The summed E-state index contributed by atoms with van der Waals surface area (Å²) in [5.74, 6) is 6.36. The van der Waals surface area contributed by atoms with Crippen molar-refractivity contribution in [3.8, 4) is 0 Å². The summed E-state index contributed by atoms with van der Waals surface area (Å²) in [6, 6.07) is 15.5. The Morgan fingerprint density at radius 1 is 0.580 bits per heavy atom. The average molecular weight is 2010 g/mol. The van der Waals surface area contributed by atoms with Gasteiger partial charge in [-0.15, -0.1) is 5.06 Å². The van der Waals surface area contributed by atoms with Gasteiger partial charge < -0.3 is 78.9 Å². The number of aliphatic hydroxyl groups excluding tert-OH is 1. The third kappa shape index (κ3) is 33.5. The van der Waals surface area contributed by atoms with Crippen molar-refractivity contribution in [1.29, 1.82) is 0 Å². The van der Waals surface area contributed by atoms with Crippen LogP contribution in [0.4, 0.5) is 20.7 Å². The monoisotopic (exact) mass is 2010 g/mol. The molecular formula is C80H114Br2F2HgN12O21S. The number of hydrogen-bond acceptors (Lipinski definition) is 32. The average Bonchev–Trinajstić information content (AvgIpc) is 1.29. The molecule has 0 aliphatic carbocycles. The molecule has 0 spiro atoms. The number of rotatable bonds is 25. The van der Waals surface area contributed by atoms with Crippen LogP contribution in [0.2, 0.25) is 0 Å². The topological polar surface area (TPSA) is 431 Å². The Hall–Kier alpha value is -6.06. The van der Waals surface area contributed by atoms with Crippen LogP contribution in [0, 0.1) is 25.5 Å². The number of anilines is 2. The van der Waals surface area contributed by atoms with E-state index in [1.807, 2.05) is 83.1 Å². The molecule has 7 atom stereocenters. The number of hydroxylamine groups is 3. The van der Waals surface area contributed by atoms with Crippen LogP contribution in [0.1, 0.15) is 225 Å². The number of nitrogen functional groups attached to an aromatic ring is 2. The van der Waals surface area contributed by atoms with Crippen molar-refractivity contribution in [2.45, 2.75) is 246 Å². The number of aliphatic hydroxyl groups is 1. The molecular weight excluding hydrogens is 1900 g/mol. The molecule has 33 nitrogen and oxygen atoms in total. The number of carbonyl (C=O) groups is 4. The Morgan fingerprint density at radius 2 is 0.966 bits per heavy atom. The third-order valence-electron chi connectivity index (χ3n) is 18.6. The number of nitrogens with one attached hydrogen (secondary N) is 2. The minimum Gasteiger partial charge on any atom is -0.396 e. The van der Waals surface area contributed by atoms with Gasteiger partial charge in [0, 0.05) is 28.4 Å². The molecule has 8 aliphatic heterocycles. The number of carbonyl (C=O) groups excluding carboxylic acids is 4. The number of nitrogens with zero attached hydrogens (tertiary/aromatic N) is 6. The van der Waals surface area contributed by atoms with Crippen molar-refractivity contribution >= 4 is 90.6 Å². The molecule has 656 valence electrons. The van der Waals surface area contributed by atoms with Gasteiger partial charge >= 0.3 is 66.2 Å². The van der Waals surface area contributed by atoms with Gasteiger partial charge in [-0.05, 0) is 195 Å². The Labute approximate surface area is 729 Å². The molecule has 10 heterocycles. The summed E-state index contributed by atoms with van der Waals surface area (Å²) in [6.45, 7) is 30.7. The van der Waals surface area contributed by atoms with Gasteiger partial charge in [-0.3, -0.25) is 24.3 Å². The molecule has 8 aliphatic rings. The maximum Gasteiger partial charge on any atom is 0.285 e. The zero-order valence-corrected chi connectivity index (χ0v) is 79.6. The van der Waals surface area contributed by atoms with Gasteiger partial charge in [0.05, 0.1) is 147 Å². The summed E-state index contributed by atoms with van der Waals surface area (Å²) in [5.41, 5.74) is 21.9. The number of aliphatic imine (C=N–C) groups is 1. The summed E-state index contributed by atoms with van der Waals surface area (Å²) >= 11 is 10.2. The fourth-order valence-electron chi connectivity index (χ4n) is 13.2. The fourth-order valence-corrected chi connectivity index (χ4v) is 16.4. The number of aryl methyl sites for hydroxylation is 2. The van der Waals surface area contributed by atoms with Crippen molar-refractivity contribution < 1.29 is 131 Å². The molecule has 0 bridgehead atoms. The summed E-state index contributed by atoms with van der Waals surface area (Å²) in [7, 11) is 0. The van der Waals surface area contributed by atoms with Gasteiger partial charge in [-0.1, -0.05) is 68.3 Å². The molecule has 13 rings (SSSR count). The first kappa shape index (κ1) is 100. The Morgan fingerprint density at radius 3 is 1.35 bits per heavy atom. The first-order chi connectivity index (χ1) is 56.2. The quantitative estimate of drug-likeness (QED) is 0.00938. The maximum atomic E-state index is 13.6. The molecule has 0 radical (unpaired) electrons. The smallest absolute Gasteiger partial charge is 0.285 e. The predicted octanol–water partition coefficient (Wildman–Crippen LogP) is 11.3. The number of amidine groups is 1. The van der Waals surface area contributed by atoms with Crippen LogP contribution in [0.15, 0.2) is 74.6 Å². The van der Waals surface area contributed by atoms with Gasteiger partial charge in [0.2, 0.25) is 11.9 Å². The fraction of sp³-hybridized carbons (Fsp3) is 0.600. The second kappa shape index (κ2) is 47.7. The standard InChI is InChI=1S/C22H27BrFN5O3.C16H19NO5.C14H12BrFN4S.2C8H17NO3.C8H16O3.2C2H4O2.Hg/c1-12-19-18(28-21(25)26-12)10-17(15-7-6-13(24)9-16(15)23)27-20(19)29-31-8-4-5-14-11-30-22(2,3)32-14;1-16(2)20-10-11(22-16)6-5-9-21-17-14(18)12-7-3-4-8-13(12)15(17)19;1-6-12-11(20-14(17)18-6)5-10(19-13(12)21)8-3-2-7(16)4-9(8)15;2*1-8(2)10-6-7(12-8)4-3-5-11-9;1-8(2)10-6-7(11-8)4-3-5-9;2*1-2(3)4;/h6-7,9,14,17H,4-5,8,10-11H2,1-3H3,(H,27,29)(H2,25,26,28);3-4,7-8,11H,5-6,9-10H2,1-2H3;2-4,10H,5H2,1H3,(H,19,21)(H2,17,18,20);2*7H,3-6,9H2,1-2H3;7,9H,3-6H2,1-2H3;2*1H3,(H,3,4);/q;;;;;;;;+2/p-2/t14-,17-;11-;10-;3*7-;;;/m111111.../s1. The second-order valence-electron chi connectivity index (χ2n) is 30.8. The largest absolute Gasteiger partial charge is 0.396 e. The Kier molecular flexibility index (Phi) is 40.1. The van der Waals surface area contributed by atoms with E-state index in [1.165, 1.54) is 38.1 Å². The number of fused-ring (bicyclic) bond motifs is 3. The number of imide groups is 1. The normalized spacial score (nSPS) is 22.1. The molecule has 11 N–H and O–H groups in total. The third-order valence-corrected chi connectivity index (χ3v) is 24.3. The van der Waals surface area contributed by atoms with Crippen LogP contribution in [-0.2, 0) is 120 Å². The van der Waals surface area contributed by atoms with E-state index in [1.54, 1.807) is 36.4 Å². The molecule has 5 saturated heterocycles. The number of hydrogen-bond donors (Lipinski definition) is 7. The van der Waals surface area contributed by atoms with E-state index < -0.39 is 66.2 Å². The minimum absolute atomic E-state index is 0.0285. The van der Waals surface area contributed by atoms with Crippen LogP contribution in [0.5, 0.6) is 0 Å². The first-order valence-electron chi connectivity index (χ1n) is 39.3. The van der Waals surface area contributed by atoms with Crippen molar-refractivity contribution in [3.63, 3.8) is 0 Å². The van der Waals surface area contributed by atoms with Crippen molar-refractivity contribution in [2.24, 2.45) is 16.8 Å². The second-order valence-corrected chi connectivity index (χ2v) is 36.1. The number of halogens is 4. The van der Waals surface area contributed by atoms with E-state index >= 15 is 0 Å². The summed E-state index contributed by atoms with van der Waals surface area (Å²) < 4.78 is 92.5. The van der Waals surface area contributed by atoms with Crippen molar-refractivity contribution in [2.75, 3.05) is 77.5 Å². The minimum atomic E-state index is -2.04. The number of thiocarbonyl (C=S) groups is 1. The van der Waals surface area contributed by atoms with Crippen LogP contribution in [0.25, 0.3) is 0 Å². The molecule has 5 fully saturated rings. The molecule has 2 amide bonds. The SMILES string of the molecule is CC(=O)[O][Hg][O]C(C)=O.CC1(C)OC[C@@H](CCCO)O1.CC1(C)OC[C@@H](CCCON)O1.CC1(C)OC[C@@H](CCCON)O1.CC1(C)OC[C@@H](CCCON2C(=O)c3ccccc3C2=O)O1.Cc1nc(N)nc2c1C(=S)N[C@@H](c1ccc(F)cc1Br)C2.Cc1nc(N)nc2c1C(NOCCC[C@@H]1COC(C)(C)O1)=N[C@@H](c1ccc(F)cc1Br)C2. The van der Waals surface area contributed by atoms with Crippen molar-refractivity contribution in [1.82, 2.24) is 35.8 Å². The number of ether oxygens (including phenoxy) is 10. The molecule has 0 saturated carbocycles. The van der Waals surface area contributed by atoms with Crippen LogP contribution in [0.3, 0.4) is 0 Å². The van der Waals surface area contributed by atoms with Gasteiger partial charge in [-0.25, -0.2) is 46.0 Å². The zero-order chi connectivity index (χ0) is 87.4. The Bertz CT molecular complexity index is 4120. The molecule has 119 heavy (non-hydrogen) atoms. The van der Waals surface area contributed by atoms with E-state index in [2.05, 4.69) is 77.6 Å². The van der Waals surface area contributed by atoms with Gasteiger partial charge in [-0.2, -0.15) is 0 Å². The predicted molar refractivity (Wildman–Crippen MR) is 438 cm³/mol. The summed E-state index contributed by atoms with van der Waals surface area (Å²) in [5, 5.41) is 12.7. The van der Waals surface area contributed by atoms with Crippen LogP contribution in [-0.4, -0.2) is 190 Å². The molecule has 5 aromatic rings.